The largest absolute Gasteiger partial charge is 0.387 e. The van der Waals surface area contributed by atoms with Crippen LogP contribution in [-0.2, 0) is 0 Å². The second-order valence-electron chi connectivity index (χ2n) is 6.43. The van der Waals surface area contributed by atoms with E-state index in [-0.39, 0.29) is 6.10 Å². The molecule has 2 unspecified atom stereocenters. The number of likely N-dealkylation sites (tertiary alicyclic amines) is 1. The Bertz CT molecular complexity index is 445. The van der Waals surface area contributed by atoms with E-state index in [9.17, 15) is 5.11 Å². The molecular weight excluding hydrogens is 248 g/mol. The average Bonchev–Trinajstić information content (AvgIpc) is 2.78. The summed E-state index contributed by atoms with van der Waals surface area (Å²) in [6, 6.07) is 6.92. The number of aliphatic hydroxyl groups is 1. The molecule has 1 aliphatic heterocycles. The first kappa shape index (κ1) is 15.5. The van der Waals surface area contributed by atoms with E-state index in [1.54, 1.807) is 0 Å². The fraction of sp³-hybridized carbons (Fsp3) is 0.647. The molecule has 1 aromatic carbocycles. The summed E-state index contributed by atoms with van der Waals surface area (Å²) in [6.07, 6.45) is 2.12. The van der Waals surface area contributed by atoms with Crippen molar-refractivity contribution in [2.45, 2.75) is 38.8 Å². The molecular formula is C17H28N2O. The molecule has 0 radical (unpaired) electrons. The Morgan fingerprint density at radius 3 is 2.80 bits per heavy atom. The van der Waals surface area contributed by atoms with Gasteiger partial charge >= 0.3 is 0 Å². The molecule has 0 aromatic heterocycles. The van der Waals surface area contributed by atoms with E-state index < -0.39 is 0 Å². The van der Waals surface area contributed by atoms with E-state index in [1.165, 1.54) is 24.0 Å². The van der Waals surface area contributed by atoms with Crippen molar-refractivity contribution >= 4 is 0 Å². The summed E-state index contributed by atoms with van der Waals surface area (Å²) in [7, 11) is 4.25. The molecule has 0 bridgehead atoms. The van der Waals surface area contributed by atoms with Gasteiger partial charge in [0.2, 0.25) is 0 Å². The minimum atomic E-state index is -0.377. The molecule has 1 fully saturated rings. The SMILES string of the molecule is Cc1ccc(C)c(C(O)CN2CCCC2CN(C)C)c1. The molecule has 0 amide bonds. The summed E-state index contributed by atoms with van der Waals surface area (Å²) < 4.78 is 0. The minimum Gasteiger partial charge on any atom is -0.387 e. The third kappa shape index (κ3) is 3.81. The maximum atomic E-state index is 10.6. The normalized spacial score (nSPS) is 21.6. The predicted octanol–water partition coefficient (Wildman–Crippen LogP) is 2.36. The molecule has 3 heteroatoms. The van der Waals surface area contributed by atoms with Gasteiger partial charge < -0.3 is 10.0 Å². The Morgan fingerprint density at radius 2 is 2.10 bits per heavy atom. The maximum Gasteiger partial charge on any atom is 0.0919 e. The fourth-order valence-corrected chi connectivity index (χ4v) is 3.20. The first-order chi connectivity index (χ1) is 9.47. The number of aryl methyl sites for hydroxylation is 2. The third-order valence-corrected chi connectivity index (χ3v) is 4.28. The van der Waals surface area contributed by atoms with Crippen LogP contribution in [0.25, 0.3) is 0 Å². The predicted molar refractivity (Wildman–Crippen MR) is 84.0 cm³/mol. The van der Waals surface area contributed by atoms with E-state index in [0.29, 0.717) is 6.04 Å². The van der Waals surface area contributed by atoms with Gasteiger partial charge in [-0.3, -0.25) is 4.90 Å². The van der Waals surface area contributed by atoms with E-state index in [4.69, 9.17) is 0 Å². The lowest BCUT2D eigenvalue weighted by atomic mass is 10.0. The van der Waals surface area contributed by atoms with Gasteiger partial charge in [-0.2, -0.15) is 0 Å². The zero-order valence-corrected chi connectivity index (χ0v) is 13.3. The van der Waals surface area contributed by atoms with Crippen LogP contribution >= 0.6 is 0 Å². The third-order valence-electron chi connectivity index (χ3n) is 4.28. The average molecular weight is 276 g/mol. The lowest BCUT2D eigenvalue weighted by Gasteiger charge is -2.29. The van der Waals surface area contributed by atoms with Gasteiger partial charge in [0.25, 0.3) is 0 Å². The van der Waals surface area contributed by atoms with E-state index >= 15 is 0 Å². The summed E-state index contributed by atoms with van der Waals surface area (Å²) in [5.41, 5.74) is 3.49. The number of β-amino-alcohol motifs (C(OH)–C–C–N with tert-alkyl or cyclic N) is 1. The van der Waals surface area contributed by atoms with E-state index in [0.717, 1.165) is 25.2 Å². The number of likely N-dealkylation sites (N-methyl/N-ethyl adjacent to an activating group) is 1. The van der Waals surface area contributed by atoms with E-state index in [2.05, 4.69) is 55.9 Å². The van der Waals surface area contributed by atoms with Gasteiger partial charge in [-0.15, -0.1) is 0 Å². The van der Waals surface area contributed by atoms with Gasteiger partial charge in [-0.05, 0) is 58.5 Å². The molecule has 1 aromatic rings. The minimum absolute atomic E-state index is 0.377. The zero-order chi connectivity index (χ0) is 14.7. The van der Waals surface area contributed by atoms with Crippen LogP contribution in [-0.4, -0.2) is 54.7 Å². The highest BCUT2D eigenvalue weighted by atomic mass is 16.3. The fourth-order valence-electron chi connectivity index (χ4n) is 3.20. The van der Waals surface area contributed by atoms with Crippen molar-refractivity contribution in [1.82, 2.24) is 9.80 Å². The van der Waals surface area contributed by atoms with Crippen LogP contribution in [0.5, 0.6) is 0 Å². The summed E-state index contributed by atoms with van der Waals surface area (Å²) in [6.45, 7) is 7.11. The summed E-state index contributed by atoms with van der Waals surface area (Å²) in [5.74, 6) is 0. The zero-order valence-electron chi connectivity index (χ0n) is 13.3. The molecule has 1 N–H and O–H groups in total. The Kier molecular flexibility index (Phi) is 5.19. The molecule has 1 heterocycles. The topological polar surface area (TPSA) is 26.7 Å². The van der Waals surface area contributed by atoms with Crippen molar-refractivity contribution in [2.75, 3.05) is 33.7 Å². The van der Waals surface area contributed by atoms with E-state index in [1.807, 2.05) is 0 Å². The molecule has 0 spiro atoms. The van der Waals surface area contributed by atoms with Crippen LogP contribution in [0.2, 0.25) is 0 Å². The van der Waals surface area contributed by atoms with Crippen molar-refractivity contribution in [2.24, 2.45) is 0 Å². The van der Waals surface area contributed by atoms with Gasteiger partial charge in [0.05, 0.1) is 6.10 Å². The van der Waals surface area contributed by atoms with Crippen LogP contribution in [0, 0.1) is 13.8 Å². The molecule has 0 saturated carbocycles. The first-order valence-corrected chi connectivity index (χ1v) is 7.61. The molecule has 112 valence electrons. The highest BCUT2D eigenvalue weighted by Crippen LogP contribution is 2.24. The Labute approximate surface area is 123 Å². The van der Waals surface area contributed by atoms with Gasteiger partial charge in [-0.25, -0.2) is 0 Å². The highest BCUT2D eigenvalue weighted by molar-refractivity contribution is 5.32. The monoisotopic (exact) mass is 276 g/mol. The standard InChI is InChI=1S/C17H28N2O/c1-13-7-8-14(2)16(10-13)17(20)12-19-9-5-6-15(19)11-18(3)4/h7-8,10,15,17,20H,5-6,9,11-12H2,1-4H3. The number of nitrogens with zero attached hydrogens (tertiary/aromatic N) is 2. The highest BCUT2D eigenvalue weighted by Gasteiger charge is 2.27. The van der Waals surface area contributed by atoms with Gasteiger partial charge in [-0.1, -0.05) is 23.8 Å². The Morgan fingerprint density at radius 1 is 1.35 bits per heavy atom. The van der Waals surface area contributed by atoms with Crippen LogP contribution in [0.15, 0.2) is 18.2 Å². The second-order valence-corrected chi connectivity index (χ2v) is 6.43. The van der Waals surface area contributed by atoms with Crippen LogP contribution in [0.4, 0.5) is 0 Å². The van der Waals surface area contributed by atoms with Crippen molar-refractivity contribution in [3.05, 3.63) is 34.9 Å². The molecule has 2 atom stereocenters. The lowest BCUT2D eigenvalue weighted by molar-refractivity contribution is 0.0976. The molecule has 0 aliphatic carbocycles. The number of rotatable bonds is 5. The van der Waals surface area contributed by atoms with Crippen LogP contribution < -0.4 is 0 Å². The van der Waals surface area contributed by atoms with Gasteiger partial charge in [0, 0.05) is 19.1 Å². The Hall–Kier alpha value is -0.900. The van der Waals surface area contributed by atoms with Gasteiger partial charge in [0.15, 0.2) is 0 Å². The summed E-state index contributed by atoms with van der Waals surface area (Å²) in [4.78, 5) is 4.69. The lowest BCUT2D eigenvalue weighted by Crippen LogP contribution is -2.39. The number of hydrogen-bond acceptors (Lipinski definition) is 3. The van der Waals surface area contributed by atoms with Crippen molar-refractivity contribution in [1.29, 1.82) is 0 Å². The van der Waals surface area contributed by atoms with Crippen molar-refractivity contribution in [3.8, 4) is 0 Å². The van der Waals surface area contributed by atoms with Crippen molar-refractivity contribution < 1.29 is 5.11 Å². The van der Waals surface area contributed by atoms with Gasteiger partial charge in [0.1, 0.15) is 0 Å². The smallest absolute Gasteiger partial charge is 0.0919 e. The molecule has 1 saturated heterocycles. The summed E-state index contributed by atoms with van der Waals surface area (Å²) in [5, 5.41) is 10.6. The molecule has 2 rings (SSSR count). The second kappa shape index (κ2) is 6.70. The first-order valence-electron chi connectivity index (χ1n) is 7.61. The number of hydrogen-bond donors (Lipinski definition) is 1. The van der Waals surface area contributed by atoms with Crippen molar-refractivity contribution in [3.63, 3.8) is 0 Å². The number of aliphatic hydroxyl groups excluding tert-OH is 1. The quantitative estimate of drug-likeness (QED) is 0.894. The number of benzene rings is 1. The molecule has 1 aliphatic rings. The molecule has 20 heavy (non-hydrogen) atoms. The Balaban J connectivity index is 2.03. The van der Waals surface area contributed by atoms with Crippen LogP contribution in [0.1, 0.15) is 35.6 Å². The van der Waals surface area contributed by atoms with Crippen LogP contribution in [0.3, 0.4) is 0 Å². The maximum absolute atomic E-state index is 10.6. The summed E-state index contributed by atoms with van der Waals surface area (Å²) >= 11 is 0. The molecule has 3 nitrogen and oxygen atoms in total.